The largest absolute Gasteiger partial charge is 0.445 e. The number of anilines is 2. The van der Waals surface area contributed by atoms with E-state index >= 15 is 8.78 Å². The third-order valence-electron chi connectivity index (χ3n) is 27.7. The number of rotatable bonds is 63. The maximum atomic E-state index is 18.1. The van der Waals surface area contributed by atoms with Crippen LogP contribution < -0.4 is 58.5 Å². The number of amides is 11. The molecule has 1 saturated heterocycles. The second-order valence-electron chi connectivity index (χ2n) is 38.4. The molecule has 42 nitrogen and oxygen atoms in total. The van der Waals surface area contributed by atoms with E-state index < -0.39 is 170 Å². The van der Waals surface area contributed by atoms with E-state index in [0.29, 0.717) is 95.2 Å². The summed E-state index contributed by atoms with van der Waals surface area (Å²) in [6, 6.07) is 16.6. The molecule has 0 bridgehead atoms. The van der Waals surface area contributed by atoms with Crippen molar-refractivity contribution in [1.29, 1.82) is 0 Å². The Balaban J connectivity index is 0.623. The number of aromatic nitrogens is 3. The van der Waals surface area contributed by atoms with Crippen LogP contribution >= 0.6 is 0 Å². The second-order valence-corrected chi connectivity index (χ2v) is 39.9. The molecule has 148 heavy (non-hydrogen) atoms. The monoisotopic (exact) mass is 2090 g/mol. The average Bonchev–Trinajstić information content (AvgIpc) is 1.47. The fraction of sp³-hybridized carbons (Fsp3) is 0.631. The van der Waals surface area contributed by atoms with Gasteiger partial charge >= 0.3 is 12.1 Å². The number of aliphatic hydroxyl groups is 1. The predicted octanol–water partition coefficient (Wildman–Crippen LogP) is 5.70. The summed E-state index contributed by atoms with van der Waals surface area (Å²) in [5, 5.41) is 45.2. The highest BCUT2D eigenvalue weighted by Crippen LogP contribution is 2.72. The van der Waals surface area contributed by atoms with E-state index in [9.17, 15) is 71.1 Å². The van der Waals surface area contributed by atoms with Gasteiger partial charge < -0.3 is 120 Å². The zero-order valence-electron chi connectivity index (χ0n) is 84.9. The van der Waals surface area contributed by atoms with Crippen LogP contribution in [0.15, 0.2) is 96.6 Å². The Kier molecular flexibility index (Phi) is 46.1. The van der Waals surface area contributed by atoms with Gasteiger partial charge in [0.1, 0.15) is 49.3 Å². The first-order valence-electron chi connectivity index (χ1n) is 51.1. The minimum Gasteiger partial charge on any atom is -0.445 e. The predicted molar refractivity (Wildman–Crippen MR) is 532 cm³/mol. The minimum atomic E-state index is -4.17. The van der Waals surface area contributed by atoms with E-state index in [1.54, 1.807) is 42.5 Å². The van der Waals surface area contributed by atoms with Gasteiger partial charge in [0, 0.05) is 85.4 Å². The zero-order chi connectivity index (χ0) is 106. The van der Waals surface area contributed by atoms with Gasteiger partial charge in [0.15, 0.2) is 29.1 Å². The van der Waals surface area contributed by atoms with Crippen molar-refractivity contribution in [3.8, 4) is 11.8 Å². The highest BCUT2D eigenvalue weighted by atomic mass is 32.2. The van der Waals surface area contributed by atoms with Crippen LogP contribution in [-0.4, -0.2) is 309 Å². The van der Waals surface area contributed by atoms with E-state index in [1.807, 2.05) is 55.5 Å². The normalized spacial score (nSPS) is 22.6. The molecule has 7 aliphatic rings. The van der Waals surface area contributed by atoms with Crippen molar-refractivity contribution >= 4 is 92.4 Å². The highest BCUT2D eigenvalue weighted by molar-refractivity contribution is 7.85. The fourth-order valence-corrected chi connectivity index (χ4v) is 20.4. The van der Waals surface area contributed by atoms with E-state index in [1.165, 1.54) is 31.2 Å². The third kappa shape index (κ3) is 33.4. The lowest BCUT2D eigenvalue weighted by Crippen LogP contribution is -2.71. The Morgan fingerprint density at radius 3 is 1.95 bits per heavy atom. The van der Waals surface area contributed by atoms with Crippen molar-refractivity contribution < 1.29 is 141 Å². The lowest BCUT2D eigenvalue weighted by Gasteiger charge is -2.63. The molecule has 2 unspecified atom stereocenters. The second kappa shape index (κ2) is 58.2. The van der Waals surface area contributed by atoms with Gasteiger partial charge in [-0.1, -0.05) is 113 Å². The lowest BCUT2D eigenvalue weighted by atomic mass is 9.44. The molecular weight excluding hydrogens is 1950 g/mol. The van der Waals surface area contributed by atoms with E-state index in [-0.39, 0.29) is 206 Å². The molecule has 3 heterocycles. The number of hydrogen-bond donors (Lipinski definition) is 12. The first-order valence-corrected chi connectivity index (χ1v) is 52.7. The number of benzene rings is 3. The number of carbonyl (C=O) groups is 12. The molecule has 14 atom stereocenters. The molecule has 4 fully saturated rings. The minimum absolute atomic E-state index is 0.000000782. The molecule has 3 aromatic carbocycles. The van der Waals surface area contributed by atoms with Crippen LogP contribution in [0.2, 0.25) is 0 Å². The Morgan fingerprint density at radius 1 is 0.649 bits per heavy atom. The lowest BCUT2D eigenvalue weighted by molar-refractivity contribution is -0.233. The molecule has 11 rings (SSSR count). The molecule has 4 aromatic rings. The van der Waals surface area contributed by atoms with Gasteiger partial charge in [-0.15, -0.1) is 5.10 Å². The number of ketones is 2. The number of Topliss-reactive ketones (excluding diaryl/α,β-unsaturated/α-hetero) is 1. The number of nitrogens with two attached hydrogens (primary N) is 1. The van der Waals surface area contributed by atoms with E-state index in [2.05, 4.69) is 70.0 Å². The maximum Gasteiger partial charge on any atom is 0.407 e. The van der Waals surface area contributed by atoms with Crippen LogP contribution in [0, 0.1) is 40.4 Å². The zero-order valence-corrected chi connectivity index (χ0v) is 85.7. The quantitative estimate of drug-likeness (QED) is 0.0143. The number of alkyl carbamates (subject to hydrolysis) is 1. The number of nitrogens with one attached hydrogen (secondary N) is 9. The van der Waals surface area contributed by atoms with Gasteiger partial charge in [-0.3, -0.25) is 52.5 Å². The molecule has 45 heteroatoms. The smallest absolute Gasteiger partial charge is 0.407 e. The number of nitrogens with zero attached hydrogens (tertiary/aromatic N) is 4. The number of aliphatic hydroxyl groups excluding tert-OH is 1. The molecule has 0 radical (unpaired) electrons. The number of carbonyl (C=O) groups excluding carboxylic acids is 12. The number of ether oxygens (including phenoxy) is 12. The van der Waals surface area contributed by atoms with Gasteiger partial charge in [-0.2, -0.15) is 8.42 Å². The van der Waals surface area contributed by atoms with Crippen LogP contribution in [0.4, 0.5) is 29.7 Å². The van der Waals surface area contributed by atoms with Crippen LogP contribution in [0.3, 0.4) is 0 Å². The van der Waals surface area contributed by atoms with Crippen LogP contribution in [0.1, 0.15) is 190 Å². The summed E-state index contributed by atoms with van der Waals surface area (Å²) < 4.78 is 136. The highest BCUT2D eigenvalue weighted by Gasteiger charge is 2.80. The number of halogens is 2. The summed E-state index contributed by atoms with van der Waals surface area (Å²) in [5.74, 6) is -1.81. The van der Waals surface area contributed by atoms with Gasteiger partial charge in [0.25, 0.3) is 10.1 Å². The van der Waals surface area contributed by atoms with E-state index in [4.69, 9.17) is 67.1 Å². The number of para-hydroxylation sites is 1. The van der Waals surface area contributed by atoms with Crippen molar-refractivity contribution in [1.82, 2.24) is 57.5 Å². The maximum absolute atomic E-state index is 18.1. The first kappa shape index (κ1) is 117. The molecular formula is C103H144F2N14O28S. The average molecular weight is 2100 g/mol. The van der Waals surface area contributed by atoms with Crippen LogP contribution in [-0.2, 0) is 141 Å². The summed E-state index contributed by atoms with van der Waals surface area (Å²) in [7, 11) is -4.17. The number of fused-ring (bicyclic) bond motifs is 10. The van der Waals surface area contributed by atoms with Crippen molar-refractivity contribution in [3.63, 3.8) is 0 Å². The van der Waals surface area contributed by atoms with Crippen molar-refractivity contribution in [2.24, 2.45) is 34.3 Å². The number of allylic oxidation sites excluding steroid dienone is 4. The van der Waals surface area contributed by atoms with Crippen LogP contribution in [0.25, 0.3) is 0 Å². The number of alkyl halides is 2. The summed E-state index contributed by atoms with van der Waals surface area (Å²) in [6.07, 6.45) is 1.92. The van der Waals surface area contributed by atoms with Gasteiger partial charge in [0.2, 0.25) is 47.3 Å². The van der Waals surface area contributed by atoms with Crippen LogP contribution in [0.5, 0.6) is 0 Å². The molecule has 0 spiro atoms. The summed E-state index contributed by atoms with van der Waals surface area (Å²) in [6.45, 7) is 11.7. The van der Waals surface area contributed by atoms with Gasteiger partial charge in [0.05, 0.1) is 155 Å². The summed E-state index contributed by atoms with van der Waals surface area (Å²) >= 11 is 0. The number of unbranched alkanes of at least 4 members (excludes halogenated alkanes) is 1. The summed E-state index contributed by atoms with van der Waals surface area (Å²) in [5.41, 5.74) is 3.52. The molecule has 3 saturated carbocycles. The third-order valence-corrected chi connectivity index (χ3v) is 28.4. The molecule has 5 aliphatic carbocycles. The van der Waals surface area contributed by atoms with Crippen molar-refractivity contribution in [2.45, 2.75) is 236 Å². The SMILES string of the molecule is CCCC1O[C@@H]2C[C@H]3[C@@H]4C[C@H](F)C5=CC(=O)C=C[C@]5(C)[C@@]4(F)[C@@H](O)C[C@]3(C)[C@]2(C(=O)CNC(=O)OCc2ccc(NC(=O)[C@H](CCCNC(N)=O)NC(=O)[C@@H](NC(=O)[C@@H](CCCCNC(=O)COC3CCCCCc4c3nnn4CCOCCOCCOCCOCCC(=O)NCCS(=O)(=O)O)NC(=O)CCOCCOCCOCCOCCNC(=O)CCC(=O)N3Cc4ccccc4C#Cc4ccccc43)C(C)C)cc2)O1. The Morgan fingerprint density at radius 2 is 1.26 bits per heavy atom. The fourth-order valence-electron chi connectivity index (χ4n) is 20.0. The number of primary amides is 1. The topological polar surface area (TPSA) is 558 Å². The molecule has 814 valence electrons. The first-order chi connectivity index (χ1) is 71.1. The van der Waals surface area contributed by atoms with Crippen molar-refractivity contribution in [2.75, 3.05) is 161 Å². The van der Waals surface area contributed by atoms with Crippen molar-refractivity contribution in [3.05, 3.63) is 130 Å². The van der Waals surface area contributed by atoms with Gasteiger partial charge in [-0.25, -0.2) is 23.1 Å². The Labute approximate surface area is 860 Å². The van der Waals surface area contributed by atoms with Gasteiger partial charge in [-0.05, 0) is 155 Å². The molecule has 2 aliphatic heterocycles. The number of urea groups is 1. The molecule has 13 N–H and O–H groups in total. The Hall–Kier alpha value is -11.2. The van der Waals surface area contributed by atoms with E-state index in [0.717, 1.165) is 47.7 Å². The summed E-state index contributed by atoms with van der Waals surface area (Å²) in [4.78, 5) is 163. The number of hydrogen-bond acceptors (Lipinski definition) is 29. The standard InChI is InChI=1S/C103H144F2N14O28S/c1-6-17-92-146-86-62-75-76-61-78(104)77-60-74(120)34-37-100(77,4)102(76,105)84(121)63-101(75,5)103(86,147-92)85(122)64-111-99(132)145-66-69-26-30-73(31-27-69)112-95(128)80(22-16-39-110-98(106)131)114-97(130)93(68(2)3)115-96(129)79(113-89(125)36-44-137-48-52-141-55-57-142-53-49-138-45-40-108-87(123)32-33-91(127)118-65-72-20-11-10-18-70(72)28-29-71-19-12-13-23-81(71)118)21-14-15-38-107-90(126)67-144-83-25-9-7-8-24-82-94(83)116-117-119(82)42-46-139-50-54-143-58-56-140-51-47-136-43-35-88(124)109-41-59-148(133,134)135/h10-13,18-20,23,26-27,30-31,34,37,60,68,75-76,78-80,83-84,86,92-93,121H,6-9,14-17,21-22,24-25,32-33,35-36,38-59,61-67H2,1-5H3,(H,107,126)(H,108,123)(H,109,124)(H,111,132)(H,112,128)(H,113,125)(H,114,130)(H,115,129)(H3,106,110,131)(H,133,134,135)/t75-,76-,78-,79+,80-,83?,84-,86+,92?,93-,100-,101-,102-,103+/m0/s1. The Bertz CT molecular complexity index is 5380. The molecule has 1 aromatic heterocycles. The molecule has 11 amide bonds.